The van der Waals surface area contributed by atoms with Gasteiger partial charge in [-0.05, 0) is 89.7 Å². The first kappa shape index (κ1) is 70.5. The number of urea groups is 2. The van der Waals surface area contributed by atoms with Gasteiger partial charge in [-0.15, -0.1) is 58.0 Å². The number of aromatic nitrogens is 3. The van der Waals surface area contributed by atoms with Crippen LogP contribution in [0.3, 0.4) is 0 Å². The molecule has 0 radical (unpaired) electrons. The molecule has 0 saturated heterocycles. The van der Waals surface area contributed by atoms with Crippen molar-refractivity contribution in [2.75, 3.05) is 6.61 Å². The second-order valence-electron chi connectivity index (χ2n) is 21.1. The van der Waals surface area contributed by atoms with Gasteiger partial charge >= 0.3 is 24.1 Å². The Morgan fingerprint density at radius 1 is 0.713 bits per heavy atom. The number of aliphatic carboxylic acids is 1. The molecule has 2 aromatic carbocycles. The van der Waals surface area contributed by atoms with Gasteiger partial charge in [0.15, 0.2) is 6.04 Å². The fraction of sp³-hybridized carbons (Fsp3) is 0.544. The topological polar surface area (TPSA) is 217 Å². The molecule has 7 rings (SSSR count). The number of halogens is 3. The van der Waals surface area contributed by atoms with E-state index in [1.807, 2.05) is 104 Å². The predicted molar refractivity (Wildman–Crippen MR) is 349 cm³/mol. The Morgan fingerprint density at radius 2 is 1.18 bits per heavy atom. The highest BCUT2D eigenvalue weighted by atomic mass is 128. The number of carboxylic acid groups (broad SMARTS) is 1. The molecule has 2 saturated carbocycles. The summed E-state index contributed by atoms with van der Waals surface area (Å²) in [5.74, 6) is -0.636. The Balaban J connectivity index is 0.000000474. The lowest BCUT2D eigenvalue weighted by molar-refractivity contribution is -0.142. The van der Waals surface area contributed by atoms with E-state index in [2.05, 4.69) is 96.2 Å². The largest absolute Gasteiger partial charge is 0.480 e. The van der Waals surface area contributed by atoms with E-state index in [0.717, 1.165) is 63.1 Å². The van der Waals surface area contributed by atoms with E-state index in [4.69, 9.17) is 14.5 Å². The molecule has 80 heavy (non-hydrogen) atoms. The van der Waals surface area contributed by atoms with Crippen LogP contribution >= 0.6 is 95.2 Å². The van der Waals surface area contributed by atoms with Crippen LogP contribution in [-0.2, 0) is 51.6 Å². The normalized spacial score (nSPS) is 14.2. The molecule has 0 unspecified atom stereocenters. The number of hydrogen-bond acceptors (Lipinski definition) is 13. The van der Waals surface area contributed by atoms with Gasteiger partial charge in [0, 0.05) is 90.2 Å². The highest BCUT2D eigenvalue weighted by molar-refractivity contribution is 15.0. The Hall–Kier alpha value is -3.77. The molecule has 442 valence electrons. The van der Waals surface area contributed by atoms with E-state index in [-0.39, 0.29) is 86.8 Å². The zero-order valence-corrected chi connectivity index (χ0v) is 55.4. The summed E-state index contributed by atoms with van der Waals surface area (Å²) in [6, 6.07) is 17.5. The van der Waals surface area contributed by atoms with Crippen LogP contribution in [0, 0.1) is 0 Å². The number of ether oxygens (including phenoxy) is 2. The van der Waals surface area contributed by atoms with E-state index >= 15 is 0 Å². The molecular formula is C57H82I3N9O8S3. The minimum absolute atomic E-state index is 0. The summed E-state index contributed by atoms with van der Waals surface area (Å²) in [7, 11) is 0. The van der Waals surface area contributed by atoms with Gasteiger partial charge in [0.25, 0.3) is 0 Å². The molecule has 6 amide bonds. The van der Waals surface area contributed by atoms with Crippen molar-refractivity contribution in [1.29, 1.82) is 0 Å². The van der Waals surface area contributed by atoms with Crippen LogP contribution in [0.15, 0.2) is 83.1 Å². The zero-order valence-electron chi connectivity index (χ0n) is 46.3. The van der Waals surface area contributed by atoms with E-state index in [1.165, 1.54) is 11.3 Å². The molecule has 2 aliphatic rings. The standard InChI is InChI=1S/C38H48N6O4S2.C18H29N3O4S.CH4.I2.HI/c1-4-34(43-37(46)44(32-17-18-32)22-31-24-49-36(41-31)26(2)3)35(45)40-29(19-27-11-7-5-8-12-27)15-16-30(20-28-13-9-6-10-14-28)42-38(47)48-23-33-21-39-25-50-33;1-11(2)15-19-12(10-26-15)8-21(13-6-7-13)17(24)20-14(16(22)23)9-25-18(3,4)5;;1-2;/h5-14,21,24-26,29-30,32,34H,4,15-20,22-23H2,1-3H3,(H,40,45)(H,42,47)(H,43,46);10-11,13-14H,6-9H2,1-5H3,(H,20,24)(H,22,23);1H4;;1H/t29-,30-,34+;14-;;;/m10.../s1. The van der Waals surface area contributed by atoms with E-state index in [1.54, 1.807) is 39.3 Å². The number of thiazole rings is 3. The molecule has 23 heteroatoms. The van der Waals surface area contributed by atoms with Crippen LogP contribution in [-0.4, -0.2) is 108 Å². The SMILES string of the molecule is C.CC(C)c1nc(CN(C(=O)N[C@@H](COC(C)(C)C)C(=O)O)C2CC2)cs1.CC[C@H](NC(=O)N(Cc1csc(C(C)C)n1)C1CC1)C(=O)N[C@H](CC[C@H](Cc1ccccc1)NC(=O)OCc1cncs1)Cc1ccccc1.I.II. The van der Waals surface area contributed by atoms with Gasteiger partial charge < -0.3 is 45.6 Å². The second-order valence-corrected chi connectivity index (χ2v) is 23.9. The molecule has 4 atom stereocenters. The first-order valence-corrected chi connectivity index (χ1v) is 35.5. The van der Waals surface area contributed by atoms with Crippen LogP contribution < -0.4 is 21.3 Å². The summed E-state index contributed by atoms with van der Waals surface area (Å²) in [6.07, 6.45) is 7.86. The van der Waals surface area contributed by atoms with Gasteiger partial charge in [0.05, 0.1) is 57.1 Å². The van der Waals surface area contributed by atoms with Crippen LogP contribution in [0.25, 0.3) is 0 Å². The molecule has 3 aromatic heterocycles. The number of hydrogen-bond donors (Lipinski definition) is 5. The van der Waals surface area contributed by atoms with Gasteiger partial charge in [-0.1, -0.05) is 103 Å². The maximum absolute atomic E-state index is 13.8. The van der Waals surface area contributed by atoms with E-state index < -0.39 is 29.7 Å². The number of carboxylic acids is 1. The third-order valence-electron chi connectivity index (χ3n) is 12.6. The Morgan fingerprint density at radius 3 is 1.56 bits per heavy atom. The van der Waals surface area contributed by atoms with Crippen molar-refractivity contribution < 1.29 is 38.6 Å². The van der Waals surface area contributed by atoms with Gasteiger partial charge in [0.2, 0.25) is 5.91 Å². The average molecular weight is 1500 g/mol. The quantitative estimate of drug-likeness (QED) is 0.0328. The third-order valence-corrected chi connectivity index (χ3v) is 15.7. The average Bonchev–Trinajstić information content (AvgIpc) is 4.27. The predicted octanol–water partition coefficient (Wildman–Crippen LogP) is 13.5. The Bertz CT molecular complexity index is 2600. The van der Waals surface area contributed by atoms with Crippen molar-refractivity contribution in [3.05, 3.63) is 121 Å². The van der Waals surface area contributed by atoms with Crippen LogP contribution in [0.2, 0.25) is 0 Å². The highest BCUT2D eigenvalue weighted by Crippen LogP contribution is 2.31. The molecule has 5 aromatic rings. The van der Waals surface area contributed by atoms with Crippen LogP contribution in [0.4, 0.5) is 14.4 Å². The first-order chi connectivity index (χ1) is 37.3. The van der Waals surface area contributed by atoms with Crippen LogP contribution in [0.1, 0.15) is 157 Å². The molecule has 0 aliphatic heterocycles. The monoisotopic (exact) mass is 1500 g/mol. The van der Waals surface area contributed by atoms with Gasteiger partial charge in [-0.2, -0.15) is 0 Å². The summed E-state index contributed by atoms with van der Waals surface area (Å²) < 4.78 is 11.0. The molecule has 2 aliphatic carbocycles. The van der Waals surface area contributed by atoms with Crippen molar-refractivity contribution in [1.82, 2.24) is 46.0 Å². The lowest BCUT2D eigenvalue weighted by Crippen LogP contribution is -2.53. The molecule has 17 nitrogen and oxygen atoms in total. The number of benzene rings is 2. The second kappa shape index (κ2) is 36.1. The highest BCUT2D eigenvalue weighted by Gasteiger charge is 2.37. The molecule has 2 fully saturated rings. The van der Waals surface area contributed by atoms with E-state index in [0.29, 0.717) is 57.0 Å². The Labute approximate surface area is 526 Å². The molecule has 3 heterocycles. The molecular weight excluding hydrogens is 1420 g/mol. The summed E-state index contributed by atoms with van der Waals surface area (Å²) >= 11 is 8.88. The number of nitrogens with one attached hydrogen (secondary N) is 4. The summed E-state index contributed by atoms with van der Waals surface area (Å²) in [5, 5.41) is 27.4. The minimum atomic E-state index is -1.10. The third kappa shape index (κ3) is 25.4. The summed E-state index contributed by atoms with van der Waals surface area (Å²) in [4.78, 5) is 82.2. The lowest BCUT2D eigenvalue weighted by atomic mass is 9.95. The van der Waals surface area contributed by atoms with Crippen LogP contribution in [0.5, 0.6) is 0 Å². The van der Waals surface area contributed by atoms with Gasteiger partial charge in [0.1, 0.15) is 12.6 Å². The maximum Gasteiger partial charge on any atom is 0.407 e. The van der Waals surface area contributed by atoms with Gasteiger partial charge in [-0.25, -0.2) is 29.1 Å². The lowest BCUT2D eigenvalue weighted by Gasteiger charge is -2.28. The van der Waals surface area contributed by atoms with E-state index in [9.17, 15) is 29.1 Å². The fourth-order valence-electron chi connectivity index (χ4n) is 8.11. The summed E-state index contributed by atoms with van der Waals surface area (Å²) in [5.41, 5.74) is 5.15. The number of carbonyl (C=O) groups is 5. The van der Waals surface area contributed by atoms with Crippen molar-refractivity contribution in [2.45, 2.75) is 194 Å². The van der Waals surface area contributed by atoms with Crippen molar-refractivity contribution >= 4 is 125 Å². The van der Waals surface area contributed by atoms with Gasteiger partial charge in [-0.3, -0.25) is 9.78 Å². The number of rotatable bonds is 26. The Kier molecular flexibility index (Phi) is 31.8. The number of alkyl carbamates (subject to hydrolysis) is 1. The maximum atomic E-state index is 13.8. The molecule has 0 spiro atoms. The minimum Gasteiger partial charge on any atom is -0.480 e. The van der Waals surface area contributed by atoms with Crippen molar-refractivity contribution in [2.24, 2.45) is 0 Å². The van der Waals surface area contributed by atoms with Crippen molar-refractivity contribution in [3.8, 4) is 0 Å². The number of nitrogens with zero attached hydrogens (tertiary/aromatic N) is 5. The zero-order chi connectivity index (χ0) is 56.8. The number of carbonyl (C=O) groups excluding carboxylic acids is 4. The van der Waals surface area contributed by atoms with Crippen molar-refractivity contribution in [3.63, 3.8) is 0 Å². The summed E-state index contributed by atoms with van der Waals surface area (Å²) in [6.45, 7) is 16.8. The smallest absolute Gasteiger partial charge is 0.407 e. The molecule has 0 bridgehead atoms. The number of amides is 6. The fourth-order valence-corrected chi connectivity index (χ4v) is 10.3. The first-order valence-electron chi connectivity index (χ1n) is 26.6. The molecule has 5 N–H and O–H groups in total.